The van der Waals surface area contributed by atoms with Crippen LogP contribution in [0.15, 0.2) is 58.4 Å². The van der Waals surface area contributed by atoms with E-state index in [1.807, 2.05) is 13.8 Å². The summed E-state index contributed by atoms with van der Waals surface area (Å²) in [6, 6.07) is 7.07. The topological polar surface area (TPSA) is 77.3 Å². The molecule has 0 atom stereocenters. The maximum atomic E-state index is 10.6. The van der Waals surface area contributed by atoms with Crippen molar-refractivity contribution < 1.29 is 9.90 Å². The number of hydrogen-bond donors (Lipinski definition) is 2. The summed E-state index contributed by atoms with van der Waals surface area (Å²) in [5.74, 6) is 0.468. The molecule has 1 heterocycles. The van der Waals surface area contributed by atoms with E-state index in [4.69, 9.17) is 16.7 Å². The summed E-state index contributed by atoms with van der Waals surface area (Å²) in [5.41, 5.74) is 4.82. The minimum absolute atomic E-state index is 0.250. The van der Waals surface area contributed by atoms with E-state index in [-0.39, 0.29) is 6.61 Å². The van der Waals surface area contributed by atoms with Crippen LogP contribution in [0.4, 0.5) is 5.69 Å². The van der Waals surface area contributed by atoms with Gasteiger partial charge in [0, 0.05) is 17.3 Å². The Morgan fingerprint density at radius 1 is 1.40 bits per heavy atom. The van der Waals surface area contributed by atoms with Crippen molar-refractivity contribution in [3.8, 4) is 0 Å². The molecule has 136 valence electrons. The van der Waals surface area contributed by atoms with E-state index in [1.165, 1.54) is 6.08 Å². The predicted octanol–water partition coefficient (Wildman–Crippen LogP) is 3.86. The Balaban J connectivity index is 0.00000104. The summed E-state index contributed by atoms with van der Waals surface area (Å²) in [6.07, 6.45) is 3.71. The number of nitrogens with zero attached hydrogens (tertiary/aromatic N) is 3. The van der Waals surface area contributed by atoms with E-state index in [1.54, 1.807) is 49.2 Å². The minimum atomic E-state index is 0.250. The van der Waals surface area contributed by atoms with Gasteiger partial charge in [0.15, 0.2) is 0 Å². The lowest BCUT2D eigenvalue weighted by atomic mass is 10.3. The van der Waals surface area contributed by atoms with Crippen LogP contribution in [-0.2, 0) is 4.79 Å². The number of nitrogens with one attached hydrogen (secondary N) is 1. The molecule has 0 unspecified atom stereocenters. The third kappa shape index (κ3) is 7.78. The van der Waals surface area contributed by atoms with Gasteiger partial charge in [-0.05, 0) is 44.2 Å². The van der Waals surface area contributed by atoms with Crippen molar-refractivity contribution in [1.82, 2.24) is 10.3 Å². The number of guanidine groups is 1. The van der Waals surface area contributed by atoms with Gasteiger partial charge < -0.3 is 5.11 Å². The minimum Gasteiger partial charge on any atom is -0.397 e. The van der Waals surface area contributed by atoms with Gasteiger partial charge in [-0.3, -0.25) is 9.69 Å². The average molecular weight is 365 g/mol. The molecule has 7 heteroatoms. The van der Waals surface area contributed by atoms with Crippen molar-refractivity contribution >= 4 is 35.7 Å². The molecule has 0 radical (unpaired) electrons. The quantitative estimate of drug-likeness (QED) is 0.630. The SMILES string of the molecule is C=C1C=NNC(=Nc2ccc(Cl)cc2)N1/C(C)=C/C=O.CC.CCO. The van der Waals surface area contributed by atoms with Crippen molar-refractivity contribution in [1.29, 1.82) is 0 Å². The number of rotatable bonds is 3. The second kappa shape index (κ2) is 12.9. The van der Waals surface area contributed by atoms with Gasteiger partial charge in [-0.2, -0.15) is 5.10 Å². The van der Waals surface area contributed by atoms with Gasteiger partial charge in [-0.15, -0.1) is 0 Å². The van der Waals surface area contributed by atoms with Crippen LogP contribution in [0.2, 0.25) is 5.02 Å². The molecule has 1 aliphatic heterocycles. The molecule has 0 fully saturated rings. The van der Waals surface area contributed by atoms with Gasteiger partial charge >= 0.3 is 0 Å². The molecule has 0 saturated heterocycles. The van der Waals surface area contributed by atoms with Crippen LogP contribution in [0.3, 0.4) is 0 Å². The van der Waals surface area contributed by atoms with Crippen LogP contribution in [-0.4, -0.2) is 35.1 Å². The lowest BCUT2D eigenvalue weighted by molar-refractivity contribution is -0.104. The predicted molar refractivity (Wildman–Crippen MR) is 105 cm³/mol. The van der Waals surface area contributed by atoms with Crippen LogP contribution in [0.1, 0.15) is 27.7 Å². The summed E-state index contributed by atoms with van der Waals surface area (Å²) >= 11 is 5.84. The summed E-state index contributed by atoms with van der Waals surface area (Å²) in [6.45, 7) is 11.6. The highest BCUT2D eigenvalue weighted by atomic mass is 35.5. The molecule has 2 rings (SSSR count). The summed E-state index contributed by atoms with van der Waals surface area (Å²) < 4.78 is 0. The Labute approximate surface area is 154 Å². The van der Waals surface area contributed by atoms with Crippen molar-refractivity contribution in [2.45, 2.75) is 27.7 Å². The molecule has 1 aromatic carbocycles. The fourth-order valence-electron chi connectivity index (χ4n) is 1.69. The number of carbonyl (C=O) groups is 1. The second-order valence-corrected chi connectivity index (χ2v) is 4.81. The highest BCUT2D eigenvalue weighted by Gasteiger charge is 2.19. The zero-order valence-electron chi connectivity index (χ0n) is 15.0. The Bertz CT molecular complexity index is 637. The lowest BCUT2D eigenvalue weighted by Crippen LogP contribution is -2.40. The van der Waals surface area contributed by atoms with Crippen LogP contribution < -0.4 is 5.43 Å². The Morgan fingerprint density at radius 2 is 1.96 bits per heavy atom. The summed E-state index contributed by atoms with van der Waals surface area (Å²) in [5, 5.41) is 12.2. The van der Waals surface area contributed by atoms with E-state index in [0.29, 0.717) is 34.3 Å². The van der Waals surface area contributed by atoms with Gasteiger partial charge in [0.1, 0.15) is 6.29 Å². The fourth-order valence-corrected chi connectivity index (χ4v) is 1.81. The number of allylic oxidation sites excluding steroid dienone is 3. The average Bonchev–Trinajstić information content (AvgIpc) is 2.60. The number of aliphatic hydroxyl groups is 1. The van der Waals surface area contributed by atoms with Crippen molar-refractivity contribution in [3.63, 3.8) is 0 Å². The molecule has 1 aromatic rings. The van der Waals surface area contributed by atoms with Gasteiger partial charge in [0.2, 0.25) is 5.96 Å². The van der Waals surface area contributed by atoms with Crippen molar-refractivity contribution in [2.24, 2.45) is 10.1 Å². The summed E-state index contributed by atoms with van der Waals surface area (Å²) in [7, 11) is 0. The number of aliphatic imine (C=N–C) groups is 1. The first-order valence-corrected chi connectivity index (χ1v) is 8.26. The van der Waals surface area contributed by atoms with Crippen LogP contribution in [0, 0.1) is 0 Å². The number of carbonyl (C=O) groups excluding carboxylic acids is 1. The second-order valence-electron chi connectivity index (χ2n) is 4.37. The number of benzene rings is 1. The first kappa shape index (κ1) is 22.6. The van der Waals surface area contributed by atoms with Gasteiger partial charge in [0.25, 0.3) is 0 Å². The monoisotopic (exact) mass is 364 g/mol. The Kier molecular flexibility index (Phi) is 11.7. The maximum Gasteiger partial charge on any atom is 0.229 e. The standard InChI is InChI=1S/C14H13ClN4O.C2H6O.C2H6/c1-10(7-8-20)19-11(2)9-16-18-14(19)17-13-5-3-12(15)4-6-13;1-2-3;1-2/h3-9H,2H2,1H3,(H,17,18);3H,2H2,1H3;1-2H3/b10-7+;;. The van der Waals surface area contributed by atoms with Gasteiger partial charge in [-0.1, -0.05) is 32.0 Å². The Morgan fingerprint density at radius 3 is 2.48 bits per heavy atom. The highest BCUT2D eigenvalue weighted by Crippen LogP contribution is 2.19. The molecule has 0 saturated carbocycles. The molecular weight excluding hydrogens is 340 g/mol. The van der Waals surface area contributed by atoms with E-state index in [9.17, 15) is 4.79 Å². The van der Waals surface area contributed by atoms with Gasteiger partial charge in [-0.25, -0.2) is 10.4 Å². The number of halogens is 1. The molecule has 1 aliphatic rings. The zero-order chi connectivity index (χ0) is 19.2. The van der Waals surface area contributed by atoms with Crippen molar-refractivity contribution in [3.05, 3.63) is 53.3 Å². The highest BCUT2D eigenvalue weighted by molar-refractivity contribution is 6.30. The largest absolute Gasteiger partial charge is 0.397 e. The van der Waals surface area contributed by atoms with Crippen LogP contribution in [0.5, 0.6) is 0 Å². The van der Waals surface area contributed by atoms with Crippen LogP contribution in [0.25, 0.3) is 0 Å². The molecule has 0 spiro atoms. The first-order chi connectivity index (χ1) is 12.0. The molecule has 0 aromatic heterocycles. The maximum absolute atomic E-state index is 10.6. The number of hydrogen-bond acceptors (Lipinski definition) is 4. The van der Waals surface area contributed by atoms with E-state index in [0.717, 1.165) is 0 Å². The Hall–Kier alpha value is -2.44. The molecular formula is C18H25ClN4O2. The van der Waals surface area contributed by atoms with E-state index in [2.05, 4.69) is 22.1 Å². The third-order valence-electron chi connectivity index (χ3n) is 2.60. The number of hydrazone groups is 1. The molecule has 0 amide bonds. The fraction of sp³-hybridized carbons (Fsp3) is 0.278. The smallest absolute Gasteiger partial charge is 0.229 e. The van der Waals surface area contributed by atoms with Crippen LogP contribution >= 0.6 is 11.6 Å². The first-order valence-electron chi connectivity index (χ1n) is 7.88. The normalized spacial score (nSPS) is 14.8. The van der Waals surface area contributed by atoms with E-state index < -0.39 is 0 Å². The van der Waals surface area contributed by atoms with Crippen molar-refractivity contribution in [2.75, 3.05) is 6.61 Å². The molecule has 2 N–H and O–H groups in total. The zero-order valence-corrected chi connectivity index (χ0v) is 15.8. The molecule has 25 heavy (non-hydrogen) atoms. The van der Waals surface area contributed by atoms with E-state index >= 15 is 0 Å². The molecule has 6 nitrogen and oxygen atoms in total. The third-order valence-corrected chi connectivity index (χ3v) is 2.85. The number of aliphatic hydroxyl groups excluding tert-OH is 1. The molecule has 0 bridgehead atoms. The number of aldehydes is 1. The van der Waals surface area contributed by atoms with Gasteiger partial charge in [0.05, 0.1) is 17.6 Å². The lowest BCUT2D eigenvalue weighted by Gasteiger charge is -2.28. The summed E-state index contributed by atoms with van der Waals surface area (Å²) in [4.78, 5) is 16.8. The molecule has 0 aliphatic carbocycles.